The third kappa shape index (κ3) is 1.34. The summed E-state index contributed by atoms with van der Waals surface area (Å²) >= 11 is 0. The minimum atomic E-state index is -0.565. The highest BCUT2D eigenvalue weighted by atomic mass is 16.3. The van der Waals surface area contributed by atoms with Gasteiger partial charge in [0.2, 0.25) is 0 Å². The number of aliphatic hydroxyl groups is 1. The largest absolute Gasteiger partial charge is 0.390 e. The van der Waals surface area contributed by atoms with Crippen molar-refractivity contribution in [3.8, 4) is 0 Å². The molecule has 0 aliphatic heterocycles. The highest BCUT2D eigenvalue weighted by molar-refractivity contribution is 5.87. The van der Waals surface area contributed by atoms with Crippen LogP contribution in [0.4, 0.5) is 0 Å². The molecule has 96 valence electrons. The Morgan fingerprint density at radius 3 is 2.47 bits per heavy atom. The van der Waals surface area contributed by atoms with Gasteiger partial charge in [0.25, 0.3) is 0 Å². The van der Waals surface area contributed by atoms with E-state index in [-0.39, 0.29) is 16.7 Å². The summed E-state index contributed by atoms with van der Waals surface area (Å²) in [5.74, 6) is 1.42. The number of carbonyl (C=O) groups is 1. The smallest absolute Gasteiger partial charge is 0.137 e. The first-order valence-electron chi connectivity index (χ1n) is 6.95. The number of hydrogen-bond acceptors (Lipinski definition) is 2. The first kappa shape index (κ1) is 11.7. The van der Waals surface area contributed by atoms with E-state index in [0.29, 0.717) is 24.0 Å². The summed E-state index contributed by atoms with van der Waals surface area (Å²) in [4.78, 5) is 12.2. The van der Waals surface area contributed by atoms with E-state index in [9.17, 15) is 9.90 Å². The fraction of sp³-hybridized carbons (Fsp3) is 0.933. The molecule has 1 N–H and O–H groups in total. The first-order valence-corrected chi connectivity index (χ1v) is 6.95. The third-order valence-electron chi connectivity index (χ3n) is 6.05. The summed E-state index contributed by atoms with van der Waals surface area (Å²) in [6.45, 7) is 8.64. The Morgan fingerprint density at radius 2 is 1.82 bits per heavy atom. The maximum Gasteiger partial charge on any atom is 0.137 e. The molecular weight excluding hydrogens is 212 g/mol. The van der Waals surface area contributed by atoms with E-state index in [1.54, 1.807) is 0 Å². The van der Waals surface area contributed by atoms with Crippen molar-refractivity contribution < 1.29 is 9.90 Å². The molecule has 3 rings (SSSR count). The molecule has 0 aromatic heterocycles. The van der Waals surface area contributed by atoms with Gasteiger partial charge in [0, 0.05) is 12.3 Å². The van der Waals surface area contributed by atoms with Gasteiger partial charge in [0.1, 0.15) is 5.78 Å². The lowest BCUT2D eigenvalue weighted by Crippen LogP contribution is -2.52. The van der Waals surface area contributed by atoms with Crippen molar-refractivity contribution in [3.05, 3.63) is 0 Å². The number of rotatable bonds is 0. The van der Waals surface area contributed by atoms with Crippen molar-refractivity contribution in [1.82, 2.24) is 0 Å². The highest BCUT2D eigenvalue weighted by Crippen LogP contribution is 2.73. The van der Waals surface area contributed by atoms with Crippen LogP contribution in [-0.2, 0) is 4.79 Å². The predicted octanol–water partition coefficient (Wildman–Crippen LogP) is 2.79. The van der Waals surface area contributed by atoms with Crippen molar-refractivity contribution in [1.29, 1.82) is 0 Å². The van der Waals surface area contributed by atoms with Gasteiger partial charge in [0.15, 0.2) is 0 Å². The molecule has 5 atom stereocenters. The minimum absolute atomic E-state index is 0.0494. The zero-order valence-corrected chi connectivity index (χ0v) is 11.4. The second-order valence-electron chi connectivity index (χ2n) is 7.81. The van der Waals surface area contributed by atoms with Crippen LogP contribution in [0.25, 0.3) is 0 Å². The van der Waals surface area contributed by atoms with Gasteiger partial charge >= 0.3 is 0 Å². The summed E-state index contributed by atoms with van der Waals surface area (Å²) in [5.41, 5.74) is -0.390. The average molecular weight is 236 g/mol. The Bertz CT molecular complexity index is 382. The molecule has 17 heavy (non-hydrogen) atoms. The van der Waals surface area contributed by atoms with Crippen LogP contribution >= 0.6 is 0 Å². The van der Waals surface area contributed by atoms with Crippen molar-refractivity contribution in [2.24, 2.45) is 28.6 Å². The quantitative estimate of drug-likeness (QED) is 0.702. The highest BCUT2D eigenvalue weighted by Gasteiger charge is 2.73. The van der Waals surface area contributed by atoms with Crippen LogP contribution in [-0.4, -0.2) is 16.5 Å². The SMILES string of the molecule is CC1(C)[C@@H]2[C@@H]1C(=O)C[C@]1(C)CCC[C@](C)(O)[C@@H]21. The van der Waals surface area contributed by atoms with Crippen molar-refractivity contribution in [2.75, 3.05) is 0 Å². The molecule has 2 heteroatoms. The van der Waals surface area contributed by atoms with Crippen LogP contribution in [0.1, 0.15) is 53.4 Å². The van der Waals surface area contributed by atoms with Gasteiger partial charge in [0.05, 0.1) is 5.60 Å². The molecule has 0 saturated heterocycles. The Hall–Kier alpha value is -0.370. The Morgan fingerprint density at radius 1 is 1.18 bits per heavy atom. The fourth-order valence-corrected chi connectivity index (χ4v) is 5.35. The summed E-state index contributed by atoms with van der Waals surface area (Å²) in [6, 6.07) is 0. The van der Waals surface area contributed by atoms with Gasteiger partial charge in [-0.3, -0.25) is 4.79 Å². The summed E-state index contributed by atoms with van der Waals surface area (Å²) in [7, 11) is 0. The first-order chi connectivity index (χ1) is 7.70. The van der Waals surface area contributed by atoms with E-state index in [1.165, 1.54) is 0 Å². The molecule has 0 aromatic rings. The van der Waals surface area contributed by atoms with Crippen LogP contribution < -0.4 is 0 Å². The molecule has 0 bridgehead atoms. The monoisotopic (exact) mass is 236 g/mol. The normalized spacial score (nSPS) is 56.1. The van der Waals surface area contributed by atoms with Crippen LogP contribution in [0.5, 0.6) is 0 Å². The Kier molecular flexibility index (Phi) is 2.04. The van der Waals surface area contributed by atoms with Crippen LogP contribution in [0.15, 0.2) is 0 Å². The maximum atomic E-state index is 12.2. The molecule has 0 heterocycles. The van der Waals surface area contributed by atoms with Crippen LogP contribution in [0.3, 0.4) is 0 Å². The molecule has 0 amide bonds. The van der Waals surface area contributed by atoms with Gasteiger partial charge in [-0.25, -0.2) is 0 Å². The molecular formula is C15H24O2. The molecule has 0 unspecified atom stereocenters. The average Bonchev–Trinajstić information content (AvgIpc) is 2.66. The number of fused-ring (bicyclic) bond motifs is 3. The zero-order valence-electron chi connectivity index (χ0n) is 11.4. The number of ketones is 1. The lowest BCUT2D eigenvalue weighted by Gasteiger charge is -2.52. The van der Waals surface area contributed by atoms with Crippen LogP contribution in [0.2, 0.25) is 0 Å². The standard InChI is InChI=1S/C15H24O2/c1-13(2)10-9(16)8-14(3)6-5-7-15(4,17)12(14)11(10)13/h10-12,17H,5-8H2,1-4H3/t10-,11+,12-,14-,15-/m0/s1. The van der Waals surface area contributed by atoms with E-state index in [4.69, 9.17) is 0 Å². The van der Waals surface area contributed by atoms with Gasteiger partial charge < -0.3 is 5.11 Å². The lowest BCUT2D eigenvalue weighted by atomic mass is 9.54. The Labute approximate surface area is 104 Å². The fourth-order valence-electron chi connectivity index (χ4n) is 5.35. The predicted molar refractivity (Wildman–Crippen MR) is 66.5 cm³/mol. The van der Waals surface area contributed by atoms with Gasteiger partial charge in [-0.2, -0.15) is 0 Å². The number of carbonyl (C=O) groups excluding carboxylic acids is 1. The van der Waals surface area contributed by atoms with E-state index >= 15 is 0 Å². The minimum Gasteiger partial charge on any atom is -0.390 e. The second kappa shape index (κ2) is 2.96. The molecule has 0 aromatic carbocycles. The van der Waals surface area contributed by atoms with Gasteiger partial charge in [-0.1, -0.05) is 27.2 Å². The molecule has 2 nitrogen and oxygen atoms in total. The molecule has 3 saturated carbocycles. The number of Topliss-reactive ketones (excluding diaryl/α,β-unsaturated/α-hetero) is 1. The van der Waals surface area contributed by atoms with E-state index in [0.717, 1.165) is 19.3 Å². The van der Waals surface area contributed by atoms with Crippen LogP contribution in [0, 0.1) is 28.6 Å². The number of hydrogen-bond donors (Lipinski definition) is 1. The van der Waals surface area contributed by atoms with E-state index in [1.807, 2.05) is 6.92 Å². The molecule has 3 aliphatic rings. The lowest BCUT2D eigenvalue weighted by molar-refractivity contribution is -0.145. The third-order valence-corrected chi connectivity index (χ3v) is 6.05. The zero-order chi connectivity index (χ0) is 12.6. The molecule has 0 radical (unpaired) electrons. The summed E-state index contributed by atoms with van der Waals surface area (Å²) < 4.78 is 0. The van der Waals surface area contributed by atoms with Gasteiger partial charge in [-0.15, -0.1) is 0 Å². The second-order valence-corrected chi connectivity index (χ2v) is 7.81. The Balaban J connectivity index is 2.04. The van der Waals surface area contributed by atoms with Gasteiger partial charge in [-0.05, 0) is 42.4 Å². The molecule has 0 spiro atoms. The van der Waals surface area contributed by atoms with E-state index in [2.05, 4.69) is 20.8 Å². The van der Waals surface area contributed by atoms with Crippen molar-refractivity contribution in [2.45, 2.75) is 59.0 Å². The maximum absolute atomic E-state index is 12.2. The summed E-state index contributed by atoms with van der Waals surface area (Å²) in [6.07, 6.45) is 3.77. The van der Waals surface area contributed by atoms with Crippen molar-refractivity contribution in [3.63, 3.8) is 0 Å². The molecule has 3 aliphatic carbocycles. The van der Waals surface area contributed by atoms with E-state index < -0.39 is 5.60 Å². The molecule has 3 fully saturated rings. The van der Waals surface area contributed by atoms with Crippen molar-refractivity contribution >= 4 is 5.78 Å². The topological polar surface area (TPSA) is 37.3 Å². The summed E-state index contributed by atoms with van der Waals surface area (Å²) in [5, 5.41) is 10.7.